The molecule has 0 spiro atoms. The number of fused-ring (bicyclic) bond motifs is 2. The summed E-state index contributed by atoms with van der Waals surface area (Å²) in [6.07, 6.45) is 3.43. The van der Waals surface area contributed by atoms with Gasteiger partial charge in [0.1, 0.15) is 5.58 Å². The van der Waals surface area contributed by atoms with Crippen LogP contribution in [-0.4, -0.2) is 36.0 Å². The molecule has 1 saturated heterocycles. The van der Waals surface area contributed by atoms with Gasteiger partial charge in [-0.3, -0.25) is 9.80 Å². The summed E-state index contributed by atoms with van der Waals surface area (Å²) >= 11 is 7.71. The lowest BCUT2D eigenvalue weighted by Crippen LogP contribution is -2.45. The molecule has 6 heteroatoms. The molecular formula is C22H23ClN2O2S. The van der Waals surface area contributed by atoms with Crippen LogP contribution in [0.15, 0.2) is 39.5 Å². The smallest absolute Gasteiger partial charge is 0.336 e. The largest absolute Gasteiger partial charge is 0.423 e. The Hall–Kier alpha value is -1.66. The van der Waals surface area contributed by atoms with E-state index in [1.807, 2.05) is 6.07 Å². The van der Waals surface area contributed by atoms with Crippen molar-refractivity contribution in [3.8, 4) is 0 Å². The minimum atomic E-state index is -0.242. The molecule has 0 atom stereocenters. The van der Waals surface area contributed by atoms with Crippen molar-refractivity contribution in [1.29, 1.82) is 0 Å². The van der Waals surface area contributed by atoms with E-state index in [-0.39, 0.29) is 5.63 Å². The molecule has 146 valence electrons. The fourth-order valence-corrected chi connectivity index (χ4v) is 5.56. The lowest BCUT2D eigenvalue weighted by atomic mass is 10.0. The fourth-order valence-electron chi connectivity index (χ4n) is 4.43. The molecule has 0 radical (unpaired) electrons. The average Bonchev–Trinajstić information content (AvgIpc) is 3.30. The zero-order valence-corrected chi connectivity index (χ0v) is 17.3. The molecule has 1 aromatic carbocycles. The summed E-state index contributed by atoms with van der Waals surface area (Å²) in [5, 5.41) is 1.11. The van der Waals surface area contributed by atoms with E-state index >= 15 is 0 Å². The standard InChI is InChI=1S/C22H23ClN2O2S/c23-21-5-4-18(28-21)14-25-8-6-24(7-9-25)13-17-12-22(26)27-20-11-16-3-1-2-15(16)10-19(17)20/h4-5,10-12H,1-3,6-9,13-14H2. The number of aryl methyl sites for hydroxylation is 2. The molecule has 2 aliphatic rings. The van der Waals surface area contributed by atoms with Crippen LogP contribution in [0, 0.1) is 0 Å². The molecule has 28 heavy (non-hydrogen) atoms. The van der Waals surface area contributed by atoms with Gasteiger partial charge in [0.25, 0.3) is 0 Å². The van der Waals surface area contributed by atoms with Crippen LogP contribution in [-0.2, 0) is 25.9 Å². The van der Waals surface area contributed by atoms with E-state index in [0.29, 0.717) is 0 Å². The average molecular weight is 415 g/mol. The highest BCUT2D eigenvalue weighted by Crippen LogP contribution is 2.29. The molecule has 1 fully saturated rings. The van der Waals surface area contributed by atoms with Crippen LogP contribution in [0.25, 0.3) is 11.0 Å². The number of halogens is 1. The normalized spacial score (nSPS) is 18.0. The Morgan fingerprint density at radius 1 is 0.964 bits per heavy atom. The molecule has 3 heterocycles. The van der Waals surface area contributed by atoms with Gasteiger partial charge in [0.15, 0.2) is 0 Å². The van der Waals surface area contributed by atoms with Crippen LogP contribution < -0.4 is 5.63 Å². The number of thiophene rings is 1. The second-order valence-corrected chi connectivity index (χ2v) is 9.62. The van der Waals surface area contributed by atoms with Crippen molar-refractivity contribution >= 4 is 33.9 Å². The first-order valence-corrected chi connectivity index (χ1v) is 11.1. The monoisotopic (exact) mass is 414 g/mol. The summed E-state index contributed by atoms with van der Waals surface area (Å²) < 4.78 is 6.37. The Labute approximate surface area is 173 Å². The Morgan fingerprint density at radius 2 is 1.68 bits per heavy atom. The molecule has 1 aliphatic heterocycles. The molecule has 0 unspecified atom stereocenters. The Kier molecular flexibility index (Phi) is 5.01. The van der Waals surface area contributed by atoms with Crippen molar-refractivity contribution in [3.63, 3.8) is 0 Å². The van der Waals surface area contributed by atoms with Crippen LogP contribution >= 0.6 is 22.9 Å². The van der Waals surface area contributed by atoms with Crippen molar-refractivity contribution in [2.24, 2.45) is 0 Å². The van der Waals surface area contributed by atoms with Crippen molar-refractivity contribution in [1.82, 2.24) is 9.80 Å². The van der Waals surface area contributed by atoms with Gasteiger partial charge in [-0.2, -0.15) is 0 Å². The van der Waals surface area contributed by atoms with Gasteiger partial charge < -0.3 is 4.42 Å². The summed E-state index contributed by atoms with van der Waals surface area (Å²) in [6.45, 7) is 5.85. The van der Waals surface area contributed by atoms with Crippen molar-refractivity contribution < 1.29 is 4.42 Å². The Morgan fingerprint density at radius 3 is 2.39 bits per heavy atom. The topological polar surface area (TPSA) is 36.7 Å². The second kappa shape index (κ2) is 7.64. The summed E-state index contributed by atoms with van der Waals surface area (Å²) in [5.74, 6) is 0. The third kappa shape index (κ3) is 3.77. The number of hydrogen-bond donors (Lipinski definition) is 0. The molecule has 5 rings (SSSR count). The van der Waals surface area contributed by atoms with Crippen LogP contribution in [0.3, 0.4) is 0 Å². The number of nitrogens with zero attached hydrogens (tertiary/aromatic N) is 2. The summed E-state index contributed by atoms with van der Waals surface area (Å²) in [6, 6.07) is 10.1. The van der Waals surface area contributed by atoms with E-state index in [9.17, 15) is 4.79 Å². The van der Waals surface area contributed by atoms with E-state index in [1.165, 1.54) is 22.4 Å². The van der Waals surface area contributed by atoms with Crippen LogP contribution in [0.4, 0.5) is 0 Å². The van der Waals surface area contributed by atoms with Crippen LogP contribution in [0.5, 0.6) is 0 Å². The predicted octanol–water partition coefficient (Wildman–Crippen LogP) is 4.31. The van der Waals surface area contributed by atoms with Crippen molar-refractivity contribution in [2.75, 3.05) is 26.2 Å². The van der Waals surface area contributed by atoms with Crippen LogP contribution in [0.2, 0.25) is 4.34 Å². The molecule has 2 aromatic heterocycles. The molecule has 0 amide bonds. The fraction of sp³-hybridized carbons (Fsp3) is 0.409. The first-order valence-electron chi connectivity index (χ1n) is 9.91. The first-order chi connectivity index (χ1) is 13.6. The molecule has 0 N–H and O–H groups in total. The first kappa shape index (κ1) is 18.4. The van der Waals surface area contributed by atoms with Gasteiger partial charge in [-0.25, -0.2) is 4.79 Å². The maximum atomic E-state index is 12.1. The van der Waals surface area contributed by atoms with E-state index in [0.717, 1.165) is 73.0 Å². The van der Waals surface area contributed by atoms with Gasteiger partial charge in [-0.15, -0.1) is 11.3 Å². The third-order valence-electron chi connectivity index (χ3n) is 5.91. The lowest BCUT2D eigenvalue weighted by Gasteiger charge is -2.34. The SMILES string of the molecule is O=c1cc(CN2CCN(Cc3ccc(Cl)s3)CC2)c2cc3c(cc2o1)CCC3. The number of piperazine rings is 1. The maximum absolute atomic E-state index is 12.1. The van der Waals surface area contributed by atoms with E-state index in [4.69, 9.17) is 16.0 Å². The molecule has 0 saturated carbocycles. The Bertz CT molecular complexity index is 1070. The maximum Gasteiger partial charge on any atom is 0.336 e. The molecular weight excluding hydrogens is 392 g/mol. The molecule has 0 bridgehead atoms. The summed E-state index contributed by atoms with van der Waals surface area (Å²) in [7, 11) is 0. The Balaban J connectivity index is 1.30. The van der Waals surface area contributed by atoms with Gasteiger partial charge in [-0.1, -0.05) is 11.6 Å². The predicted molar refractivity (Wildman–Crippen MR) is 114 cm³/mol. The van der Waals surface area contributed by atoms with Crippen LogP contribution in [0.1, 0.15) is 28.0 Å². The van der Waals surface area contributed by atoms with Gasteiger partial charge >= 0.3 is 5.63 Å². The number of hydrogen-bond acceptors (Lipinski definition) is 5. The van der Waals surface area contributed by atoms with Gasteiger partial charge in [0.2, 0.25) is 0 Å². The van der Waals surface area contributed by atoms with E-state index in [1.54, 1.807) is 17.4 Å². The highest BCUT2D eigenvalue weighted by molar-refractivity contribution is 7.16. The lowest BCUT2D eigenvalue weighted by molar-refractivity contribution is 0.123. The number of rotatable bonds is 4. The second-order valence-electron chi connectivity index (χ2n) is 7.82. The van der Waals surface area contributed by atoms with Crippen molar-refractivity contribution in [2.45, 2.75) is 32.4 Å². The van der Waals surface area contributed by atoms with E-state index < -0.39 is 0 Å². The zero-order chi connectivity index (χ0) is 19.1. The van der Waals surface area contributed by atoms with Gasteiger partial charge in [0, 0.05) is 55.6 Å². The molecule has 4 nitrogen and oxygen atoms in total. The minimum absolute atomic E-state index is 0.242. The van der Waals surface area contributed by atoms with Crippen molar-refractivity contribution in [3.05, 3.63) is 66.7 Å². The zero-order valence-electron chi connectivity index (χ0n) is 15.7. The third-order valence-corrected chi connectivity index (χ3v) is 7.13. The highest BCUT2D eigenvalue weighted by atomic mass is 35.5. The van der Waals surface area contributed by atoms with Gasteiger partial charge in [0.05, 0.1) is 4.34 Å². The minimum Gasteiger partial charge on any atom is -0.423 e. The summed E-state index contributed by atoms with van der Waals surface area (Å²) in [4.78, 5) is 18.3. The highest BCUT2D eigenvalue weighted by Gasteiger charge is 2.20. The number of benzene rings is 1. The summed E-state index contributed by atoms with van der Waals surface area (Å²) in [5.41, 5.74) is 4.36. The quantitative estimate of drug-likeness (QED) is 0.596. The van der Waals surface area contributed by atoms with Gasteiger partial charge in [-0.05, 0) is 60.2 Å². The molecule has 3 aromatic rings. The molecule has 1 aliphatic carbocycles. The van der Waals surface area contributed by atoms with E-state index in [2.05, 4.69) is 28.0 Å².